The van der Waals surface area contributed by atoms with E-state index in [2.05, 4.69) is 42.9 Å². The van der Waals surface area contributed by atoms with Gasteiger partial charge in [-0.3, -0.25) is 0 Å². The molecule has 1 atom stereocenters. The smallest absolute Gasteiger partial charge is 0.0107 e. The van der Waals surface area contributed by atoms with E-state index < -0.39 is 0 Å². The van der Waals surface area contributed by atoms with Gasteiger partial charge in [-0.05, 0) is 38.3 Å². The van der Waals surface area contributed by atoms with Crippen molar-refractivity contribution in [2.24, 2.45) is 11.8 Å². The first kappa shape index (κ1) is 15.9. The molecule has 1 fully saturated rings. The molecule has 1 heterocycles. The van der Waals surface area contributed by atoms with Gasteiger partial charge >= 0.3 is 0 Å². The Labute approximate surface area is 114 Å². The van der Waals surface area contributed by atoms with Gasteiger partial charge in [-0.1, -0.05) is 20.8 Å². The van der Waals surface area contributed by atoms with Crippen LogP contribution in [0.4, 0.5) is 0 Å². The quantitative estimate of drug-likeness (QED) is 0.714. The fourth-order valence-electron chi connectivity index (χ4n) is 2.79. The summed E-state index contributed by atoms with van der Waals surface area (Å²) in [5.41, 5.74) is 0. The van der Waals surface area contributed by atoms with Gasteiger partial charge in [0.15, 0.2) is 0 Å². The van der Waals surface area contributed by atoms with E-state index in [1.165, 1.54) is 45.6 Å². The predicted octanol–water partition coefficient (Wildman–Crippen LogP) is 1.90. The van der Waals surface area contributed by atoms with Gasteiger partial charge in [0, 0.05) is 39.3 Å². The van der Waals surface area contributed by atoms with Crippen molar-refractivity contribution in [1.82, 2.24) is 15.1 Å². The van der Waals surface area contributed by atoms with E-state index in [1.807, 2.05) is 0 Å². The number of nitrogens with zero attached hydrogens (tertiary/aromatic N) is 2. The highest BCUT2D eigenvalue weighted by Crippen LogP contribution is 2.07. The van der Waals surface area contributed by atoms with Crippen LogP contribution in [0.3, 0.4) is 0 Å². The molecule has 1 rings (SSSR count). The molecule has 3 heteroatoms. The molecular formula is C15H33N3. The topological polar surface area (TPSA) is 18.5 Å². The summed E-state index contributed by atoms with van der Waals surface area (Å²) in [5.74, 6) is 1.63. The van der Waals surface area contributed by atoms with Gasteiger partial charge in [0.05, 0.1) is 0 Å². The maximum atomic E-state index is 3.42. The predicted molar refractivity (Wildman–Crippen MR) is 80.0 cm³/mol. The summed E-state index contributed by atoms with van der Waals surface area (Å²) in [6.45, 7) is 15.5. The maximum absolute atomic E-state index is 3.42. The Kier molecular flexibility index (Phi) is 7.87. The zero-order chi connectivity index (χ0) is 13.4. The minimum Gasteiger partial charge on any atom is -0.314 e. The molecule has 0 aliphatic carbocycles. The Morgan fingerprint density at radius 3 is 2.44 bits per heavy atom. The van der Waals surface area contributed by atoms with Crippen LogP contribution in [0.5, 0.6) is 0 Å². The minimum atomic E-state index is 0.784. The average Bonchev–Trinajstić information content (AvgIpc) is 2.29. The van der Waals surface area contributed by atoms with Crippen molar-refractivity contribution in [1.29, 1.82) is 0 Å². The lowest BCUT2D eigenvalue weighted by Crippen LogP contribution is -2.46. The second kappa shape index (κ2) is 8.89. The maximum Gasteiger partial charge on any atom is 0.0107 e. The number of hydrogen-bond acceptors (Lipinski definition) is 3. The highest BCUT2D eigenvalue weighted by Gasteiger charge is 2.14. The second-order valence-electron chi connectivity index (χ2n) is 6.45. The number of rotatable bonds is 8. The number of nitrogens with one attached hydrogen (secondary N) is 1. The second-order valence-corrected chi connectivity index (χ2v) is 6.45. The minimum absolute atomic E-state index is 0.784. The normalized spacial score (nSPS) is 19.7. The molecule has 0 aromatic carbocycles. The molecule has 0 aromatic rings. The molecule has 0 amide bonds. The molecule has 1 aliphatic rings. The Balaban J connectivity index is 2.08. The molecule has 18 heavy (non-hydrogen) atoms. The van der Waals surface area contributed by atoms with Gasteiger partial charge in [0.2, 0.25) is 0 Å². The monoisotopic (exact) mass is 255 g/mol. The van der Waals surface area contributed by atoms with Crippen molar-refractivity contribution in [2.45, 2.75) is 33.6 Å². The van der Waals surface area contributed by atoms with E-state index in [-0.39, 0.29) is 0 Å². The summed E-state index contributed by atoms with van der Waals surface area (Å²) in [7, 11) is 2.27. The average molecular weight is 255 g/mol. The standard InChI is InChI=1S/C15H33N3/c1-14(2)6-5-9-17(4)12-15(3)13-18-10-7-16-8-11-18/h14-16H,5-13H2,1-4H3. The Morgan fingerprint density at radius 1 is 1.17 bits per heavy atom. The molecule has 1 unspecified atom stereocenters. The number of hydrogen-bond donors (Lipinski definition) is 1. The highest BCUT2D eigenvalue weighted by molar-refractivity contribution is 4.71. The molecule has 0 radical (unpaired) electrons. The van der Waals surface area contributed by atoms with E-state index >= 15 is 0 Å². The van der Waals surface area contributed by atoms with E-state index in [0.717, 1.165) is 24.9 Å². The third kappa shape index (κ3) is 7.34. The fourth-order valence-corrected chi connectivity index (χ4v) is 2.79. The van der Waals surface area contributed by atoms with Gasteiger partial charge in [-0.2, -0.15) is 0 Å². The Morgan fingerprint density at radius 2 is 1.83 bits per heavy atom. The van der Waals surface area contributed by atoms with Crippen molar-refractivity contribution in [3.05, 3.63) is 0 Å². The SMILES string of the molecule is CC(C)CCCN(C)CC(C)CN1CCNCC1. The van der Waals surface area contributed by atoms with Crippen LogP contribution in [0.25, 0.3) is 0 Å². The molecule has 1 saturated heterocycles. The zero-order valence-corrected chi connectivity index (χ0v) is 12.9. The van der Waals surface area contributed by atoms with Crippen LogP contribution in [-0.4, -0.2) is 62.7 Å². The van der Waals surface area contributed by atoms with Crippen LogP contribution < -0.4 is 5.32 Å². The first-order valence-corrected chi connectivity index (χ1v) is 7.69. The van der Waals surface area contributed by atoms with Crippen LogP contribution in [0.2, 0.25) is 0 Å². The summed E-state index contributed by atoms with van der Waals surface area (Å²) in [4.78, 5) is 5.11. The molecular weight excluding hydrogens is 222 g/mol. The molecule has 0 saturated carbocycles. The lowest BCUT2D eigenvalue weighted by molar-refractivity contribution is 0.182. The van der Waals surface area contributed by atoms with Crippen LogP contribution in [0.1, 0.15) is 33.6 Å². The summed E-state index contributed by atoms with van der Waals surface area (Å²) in [6.07, 6.45) is 2.70. The molecule has 3 nitrogen and oxygen atoms in total. The van der Waals surface area contributed by atoms with Crippen molar-refractivity contribution in [2.75, 3.05) is 52.9 Å². The van der Waals surface area contributed by atoms with Crippen LogP contribution in [0.15, 0.2) is 0 Å². The van der Waals surface area contributed by atoms with Gasteiger partial charge < -0.3 is 15.1 Å². The Hall–Kier alpha value is -0.120. The van der Waals surface area contributed by atoms with E-state index in [0.29, 0.717) is 0 Å². The third-order valence-corrected chi connectivity index (χ3v) is 3.72. The summed E-state index contributed by atoms with van der Waals surface area (Å²) < 4.78 is 0. The third-order valence-electron chi connectivity index (χ3n) is 3.72. The molecule has 0 bridgehead atoms. The van der Waals surface area contributed by atoms with Crippen molar-refractivity contribution >= 4 is 0 Å². The van der Waals surface area contributed by atoms with Gasteiger partial charge in [-0.25, -0.2) is 0 Å². The van der Waals surface area contributed by atoms with Crippen molar-refractivity contribution < 1.29 is 0 Å². The van der Waals surface area contributed by atoms with Gasteiger partial charge in [-0.15, -0.1) is 0 Å². The highest BCUT2D eigenvalue weighted by atomic mass is 15.2. The van der Waals surface area contributed by atoms with Gasteiger partial charge in [0.1, 0.15) is 0 Å². The van der Waals surface area contributed by atoms with Crippen molar-refractivity contribution in [3.8, 4) is 0 Å². The molecule has 0 spiro atoms. The molecule has 108 valence electrons. The number of piperazine rings is 1. The van der Waals surface area contributed by atoms with E-state index in [9.17, 15) is 0 Å². The van der Waals surface area contributed by atoms with Crippen LogP contribution in [-0.2, 0) is 0 Å². The Bertz CT molecular complexity index is 200. The zero-order valence-electron chi connectivity index (χ0n) is 12.9. The summed E-state index contributed by atoms with van der Waals surface area (Å²) in [6, 6.07) is 0. The molecule has 0 aromatic heterocycles. The lowest BCUT2D eigenvalue weighted by Gasteiger charge is -2.31. The summed E-state index contributed by atoms with van der Waals surface area (Å²) >= 11 is 0. The van der Waals surface area contributed by atoms with Gasteiger partial charge in [0.25, 0.3) is 0 Å². The van der Waals surface area contributed by atoms with Crippen LogP contribution in [0, 0.1) is 11.8 Å². The molecule has 1 aliphatic heterocycles. The van der Waals surface area contributed by atoms with Crippen LogP contribution >= 0.6 is 0 Å². The lowest BCUT2D eigenvalue weighted by atomic mass is 10.1. The fraction of sp³-hybridized carbons (Fsp3) is 1.00. The summed E-state index contributed by atoms with van der Waals surface area (Å²) in [5, 5.41) is 3.42. The molecule has 1 N–H and O–H groups in total. The largest absolute Gasteiger partial charge is 0.314 e. The first-order chi connectivity index (χ1) is 8.58. The first-order valence-electron chi connectivity index (χ1n) is 7.69. The van der Waals surface area contributed by atoms with Crippen molar-refractivity contribution in [3.63, 3.8) is 0 Å². The van der Waals surface area contributed by atoms with E-state index in [4.69, 9.17) is 0 Å². The van der Waals surface area contributed by atoms with E-state index in [1.54, 1.807) is 0 Å².